The highest BCUT2D eigenvalue weighted by molar-refractivity contribution is 5.50. The van der Waals surface area contributed by atoms with Gasteiger partial charge in [-0.2, -0.15) is 0 Å². The van der Waals surface area contributed by atoms with Crippen LogP contribution in [-0.2, 0) is 26.1 Å². The lowest BCUT2D eigenvalue weighted by Crippen LogP contribution is -2.30. The standard InChI is InChI=1S/C45H45N3O5/c49-43(40-23-26-45(42(29-40)48(51)52)53-34-38-17-9-3-10-18-38)32-46(30-36-13-5-1-6-14-36)28-27-35-21-24-41(25-22-35)47(31-37-15-7-2-8-16-37)33-44(50)39-19-11-4-12-20-39/h1-26,29,43-44,49-50H,27-28,30-34H2. The van der Waals surface area contributed by atoms with Crippen LogP contribution in [0.5, 0.6) is 5.75 Å². The number of anilines is 1. The van der Waals surface area contributed by atoms with Crippen LogP contribution in [0.15, 0.2) is 164 Å². The van der Waals surface area contributed by atoms with Gasteiger partial charge in [-0.1, -0.05) is 140 Å². The van der Waals surface area contributed by atoms with Crippen molar-refractivity contribution < 1.29 is 19.9 Å². The van der Waals surface area contributed by atoms with Crippen molar-refractivity contribution in [1.29, 1.82) is 0 Å². The molecule has 2 N–H and O–H groups in total. The first-order chi connectivity index (χ1) is 25.9. The maximum Gasteiger partial charge on any atom is 0.311 e. The van der Waals surface area contributed by atoms with Crippen molar-refractivity contribution >= 4 is 11.4 Å². The summed E-state index contributed by atoms with van der Waals surface area (Å²) >= 11 is 0. The molecule has 0 aliphatic carbocycles. The molecule has 0 heterocycles. The van der Waals surface area contributed by atoms with E-state index in [0.29, 0.717) is 31.7 Å². The van der Waals surface area contributed by atoms with Gasteiger partial charge in [-0.3, -0.25) is 15.0 Å². The van der Waals surface area contributed by atoms with E-state index in [4.69, 9.17) is 4.74 Å². The third-order valence-electron chi connectivity index (χ3n) is 9.29. The Bertz CT molecular complexity index is 2000. The molecule has 0 radical (unpaired) electrons. The van der Waals surface area contributed by atoms with Gasteiger partial charge in [-0.05, 0) is 58.0 Å². The fourth-order valence-electron chi connectivity index (χ4n) is 6.38. The van der Waals surface area contributed by atoms with Gasteiger partial charge in [0.05, 0.1) is 17.1 Å². The summed E-state index contributed by atoms with van der Waals surface area (Å²) in [6.07, 6.45) is -0.861. The number of hydrogen-bond donors (Lipinski definition) is 2. The zero-order valence-electron chi connectivity index (χ0n) is 29.7. The van der Waals surface area contributed by atoms with Crippen molar-refractivity contribution in [2.75, 3.05) is 24.5 Å². The van der Waals surface area contributed by atoms with Gasteiger partial charge < -0.3 is 19.8 Å². The van der Waals surface area contributed by atoms with E-state index in [2.05, 4.69) is 58.3 Å². The molecule has 0 spiro atoms. The zero-order valence-corrected chi connectivity index (χ0v) is 29.7. The Morgan fingerprint density at radius 2 is 1.13 bits per heavy atom. The first-order valence-electron chi connectivity index (χ1n) is 17.9. The monoisotopic (exact) mass is 707 g/mol. The third kappa shape index (κ3) is 10.9. The van der Waals surface area contributed by atoms with E-state index < -0.39 is 17.1 Å². The van der Waals surface area contributed by atoms with E-state index in [9.17, 15) is 20.3 Å². The molecular weight excluding hydrogens is 663 g/mol. The number of nitro groups is 1. The fourth-order valence-corrected chi connectivity index (χ4v) is 6.38. The molecular formula is C45H45N3O5. The van der Waals surface area contributed by atoms with E-state index >= 15 is 0 Å². The molecule has 6 aromatic carbocycles. The molecule has 0 saturated heterocycles. The van der Waals surface area contributed by atoms with Crippen LogP contribution in [0.3, 0.4) is 0 Å². The average molecular weight is 708 g/mol. The number of benzene rings is 6. The van der Waals surface area contributed by atoms with Crippen LogP contribution in [0.4, 0.5) is 11.4 Å². The van der Waals surface area contributed by atoms with Crippen molar-refractivity contribution in [1.82, 2.24) is 4.90 Å². The smallest absolute Gasteiger partial charge is 0.311 e. The first kappa shape index (κ1) is 37.0. The quantitative estimate of drug-likeness (QED) is 0.0681. The minimum atomic E-state index is -0.953. The van der Waals surface area contributed by atoms with E-state index in [1.54, 1.807) is 12.1 Å². The van der Waals surface area contributed by atoms with Crippen LogP contribution < -0.4 is 9.64 Å². The number of hydrogen-bond acceptors (Lipinski definition) is 7. The summed E-state index contributed by atoms with van der Waals surface area (Å²) in [6, 6.07) is 52.7. The summed E-state index contributed by atoms with van der Waals surface area (Å²) in [5, 5.41) is 34.6. The van der Waals surface area contributed by atoms with Gasteiger partial charge in [0.15, 0.2) is 5.75 Å². The van der Waals surface area contributed by atoms with Gasteiger partial charge >= 0.3 is 5.69 Å². The van der Waals surface area contributed by atoms with Crippen molar-refractivity contribution in [2.45, 2.75) is 38.3 Å². The fraction of sp³-hybridized carbons (Fsp3) is 0.200. The van der Waals surface area contributed by atoms with E-state index in [1.807, 2.05) is 97.1 Å². The summed E-state index contributed by atoms with van der Waals surface area (Å²) in [5.41, 5.74) is 6.49. The number of rotatable bonds is 18. The minimum Gasteiger partial charge on any atom is -0.482 e. The summed E-state index contributed by atoms with van der Waals surface area (Å²) < 4.78 is 5.81. The molecule has 0 aliphatic rings. The van der Waals surface area contributed by atoms with E-state index in [0.717, 1.165) is 39.9 Å². The Morgan fingerprint density at radius 3 is 1.74 bits per heavy atom. The molecule has 270 valence electrons. The second kappa shape index (κ2) is 18.6. The third-order valence-corrected chi connectivity index (χ3v) is 9.29. The number of nitrogens with zero attached hydrogens (tertiary/aromatic N) is 3. The lowest BCUT2D eigenvalue weighted by Gasteiger charge is -2.28. The molecule has 0 fully saturated rings. The van der Waals surface area contributed by atoms with E-state index in [-0.39, 0.29) is 24.6 Å². The van der Waals surface area contributed by atoms with Gasteiger partial charge in [0.2, 0.25) is 0 Å². The van der Waals surface area contributed by atoms with Crippen LogP contribution in [0, 0.1) is 10.1 Å². The SMILES string of the molecule is O=[N+]([O-])c1cc(C(O)CN(CCc2ccc(N(Cc3ccccc3)CC(O)c3ccccc3)cc2)Cc2ccccc2)ccc1OCc1ccccc1. The van der Waals surface area contributed by atoms with Gasteiger partial charge in [0.1, 0.15) is 6.61 Å². The first-order valence-corrected chi connectivity index (χ1v) is 17.9. The normalized spacial score (nSPS) is 12.3. The van der Waals surface area contributed by atoms with Gasteiger partial charge in [-0.15, -0.1) is 0 Å². The Balaban J connectivity index is 1.14. The van der Waals surface area contributed by atoms with Gasteiger partial charge in [-0.25, -0.2) is 0 Å². The largest absolute Gasteiger partial charge is 0.482 e. The summed E-state index contributed by atoms with van der Waals surface area (Å²) in [6.45, 7) is 2.86. The highest BCUT2D eigenvalue weighted by atomic mass is 16.6. The van der Waals surface area contributed by atoms with Crippen LogP contribution in [-0.4, -0.2) is 39.7 Å². The van der Waals surface area contributed by atoms with Gasteiger partial charge in [0, 0.05) is 44.5 Å². The average Bonchev–Trinajstić information content (AvgIpc) is 3.20. The Kier molecular flexibility index (Phi) is 13.0. The predicted molar refractivity (Wildman–Crippen MR) is 210 cm³/mol. The number of aliphatic hydroxyl groups excluding tert-OH is 2. The van der Waals surface area contributed by atoms with Crippen LogP contribution in [0.25, 0.3) is 0 Å². The summed E-state index contributed by atoms with van der Waals surface area (Å²) in [4.78, 5) is 15.9. The topological polar surface area (TPSA) is 99.3 Å². The predicted octanol–water partition coefficient (Wildman–Crippen LogP) is 8.69. The Morgan fingerprint density at radius 1 is 0.585 bits per heavy atom. The lowest BCUT2D eigenvalue weighted by molar-refractivity contribution is -0.386. The van der Waals surface area contributed by atoms with E-state index in [1.165, 1.54) is 6.07 Å². The molecule has 2 atom stereocenters. The molecule has 2 unspecified atom stereocenters. The summed E-state index contributed by atoms with van der Waals surface area (Å²) in [5.74, 6) is 0.163. The number of nitro benzene ring substituents is 1. The lowest BCUT2D eigenvalue weighted by atomic mass is 10.1. The summed E-state index contributed by atoms with van der Waals surface area (Å²) in [7, 11) is 0. The molecule has 0 saturated carbocycles. The molecule has 0 bridgehead atoms. The zero-order chi connectivity index (χ0) is 36.8. The highest BCUT2D eigenvalue weighted by Gasteiger charge is 2.22. The number of aliphatic hydroxyl groups is 2. The second-order valence-electron chi connectivity index (χ2n) is 13.2. The minimum absolute atomic E-state index is 0.163. The highest BCUT2D eigenvalue weighted by Crippen LogP contribution is 2.32. The Labute approximate surface area is 311 Å². The molecule has 0 amide bonds. The molecule has 8 nitrogen and oxygen atoms in total. The molecule has 8 heteroatoms. The van der Waals surface area contributed by atoms with Crippen molar-refractivity contribution in [2.24, 2.45) is 0 Å². The van der Waals surface area contributed by atoms with Crippen LogP contribution >= 0.6 is 0 Å². The number of ether oxygens (including phenoxy) is 1. The molecule has 0 aliphatic heterocycles. The Hall–Kier alpha value is -5.80. The maximum absolute atomic E-state index is 12.0. The molecule has 53 heavy (non-hydrogen) atoms. The van der Waals surface area contributed by atoms with Crippen molar-refractivity contribution in [3.63, 3.8) is 0 Å². The maximum atomic E-state index is 12.0. The second-order valence-corrected chi connectivity index (χ2v) is 13.2. The van der Waals surface area contributed by atoms with Crippen molar-refractivity contribution in [3.8, 4) is 5.75 Å². The molecule has 6 aromatic rings. The van der Waals surface area contributed by atoms with Gasteiger partial charge in [0.25, 0.3) is 0 Å². The molecule has 0 aromatic heterocycles. The molecule has 6 rings (SSSR count). The van der Waals surface area contributed by atoms with Crippen molar-refractivity contribution in [3.05, 3.63) is 207 Å². The van der Waals surface area contributed by atoms with Crippen LogP contribution in [0.2, 0.25) is 0 Å². The van der Waals surface area contributed by atoms with Crippen LogP contribution in [0.1, 0.15) is 45.6 Å².